The van der Waals surface area contributed by atoms with E-state index in [1.807, 2.05) is 38.1 Å². The minimum atomic E-state index is -0.279. The van der Waals surface area contributed by atoms with E-state index in [4.69, 9.17) is 9.47 Å². The summed E-state index contributed by atoms with van der Waals surface area (Å²) in [7, 11) is 0. The maximum atomic E-state index is 12.3. The van der Waals surface area contributed by atoms with Crippen LogP contribution < -0.4 is 4.74 Å². The van der Waals surface area contributed by atoms with Gasteiger partial charge in [0.1, 0.15) is 5.75 Å². The number of unbranched alkanes of at least 4 members (excludes halogenated alkanes) is 4. The highest BCUT2D eigenvalue weighted by atomic mass is 16.5. The molecule has 0 bridgehead atoms. The molecule has 0 aromatic heterocycles. The molecular formula is C26H34O4. The van der Waals surface area contributed by atoms with Crippen LogP contribution in [0.15, 0.2) is 48.5 Å². The largest absolute Gasteiger partial charge is 0.459 e. The Hall–Kier alpha value is -2.62. The van der Waals surface area contributed by atoms with Gasteiger partial charge >= 0.3 is 11.9 Å². The van der Waals surface area contributed by atoms with Crippen LogP contribution in [0.3, 0.4) is 0 Å². The number of esters is 2. The molecule has 0 aliphatic carbocycles. The zero-order valence-electron chi connectivity index (χ0n) is 18.5. The van der Waals surface area contributed by atoms with Gasteiger partial charge in [-0.2, -0.15) is 0 Å². The number of hydrogen-bond donors (Lipinski definition) is 0. The third-order valence-electron chi connectivity index (χ3n) is 5.05. The van der Waals surface area contributed by atoms with Crippen molar-refractivity contribution in [2.45, 2.75) is 78.2 Å². The Labute approximate surface area is 180 Å². The van der Waals surface area contributed by atoms with Crippen LogP contribution in [-0.4, -0.2) is 18.0 Å². The molecule has 0 saturated heterocycles. The number of carbonyl (C=O) groups excluding carboxylic acids is 2. The summed E-state index contributed by atoms with van der Waals surface area (Å²) in [6.45, 7) is 6.18. The Kier molecular flexibility index (Phi) is 10.1. The standard InChI is InChI=1S/C26H34O4/c1-4-6-8-9-10-20(3)29-26(28)23-14-12-21(13-15-23)22-16-18-24(19-17-22)30-25(27)11-7-5-2/h12-20H,4-11H2,1-3H3. The summed E-state index contributed by atoms with van der Waals surface area (Å²) in [4.78, 5) is 24.1. The molecule has 0 saturated carbocycles. The van der Waals surface area contributed by atoms with E-state index in [9.17, 15) is 9.59 Å². The molecule has 30 heavy (non-hydrogen) atoms. The van der Waals surface area contributed by atoms with Crippen LogP contribution in [0.25, 0.3) is 11.1 Å². The van der Waals surface area contributed by atoms with Gasteiger partial charge in [-0.15, -0.1) is 0 Å². The maximum Gasteiger partial charge on any atom is 0.338 e. The van der Waals surface area contributed by atoms with Gasteiger partial charge in [-0.05, 0) is 61.6 Å². The molecule has 0 aliphatic rings. The summed E-state index contributed by atoms with van der Waals surface area (Å²) in [5.74, 6) is 0.0684. The predicted octanol–water partition coefficient (Wildman–Crippen LogP) is 6.96. The molecule has 1 atom stereocenters. The molecule has 4 heteroatoms. The lowest BCUT2D eigenvalue weighted by Crippen LogP contribution is -2.15. The Morgan fingerprint density at radius 3 is 2.00 bits per heavy atom. The number of rotatable bonds is 12. The van der Waals surface area contributed by atoms with Crippen molar-refractivity contribution in [2.75, 3.05) is 0 Å². The van der Waals surface area contributed by atoms with E-state index in [0.717, 1.165) is 36.8 Å². The zero-order valence-corrected chi connectivity index (χ0v) is 18.5. The lowest BCUT2D eigenvalue weighted by Gasteiger charge is -2.13. The van der Waals surface area contributed by atoms with E-state index >= 15 is 0 Å². The Morgan fingerprint density at radius 1 is 0.800 bits per heavy atom. The molecule has 0 heterocycles. The topological polar surface area (TPSA) is 52.6 Å². The van der Waals surface area contributed by atoms with Crippen molar-refractivity contribution in [1.82, 2.24) is 0 Å². The van der Waals surface area contributed by atoms with Crippen molar-refractivity contribution >= 4 is 11.9 Å². The first-order chi connectivity index (χ1) is 14.5. The summed E-state index contributed by atoms with van der Waals surface area (Å²) in [6.07, 6.45) is 7.78. The van der Waals surface area contributed by atoms with Crippen molar-refractivity contribution < 1.29 is 19.1 Å². The molecule has 2 aromatic carbocycles. The maximum absolute atomic E-state index is 12.3. The number of benzene rings is 2. The third kappa shape index (κ3) is 8.02. The highest BCUT2D eigenvalue weighted by molar-refractivity contribution is 5.90. The van der Waals surface area contributed by atoms with Crippen molar-refractivity contribution in [2.24, 2.45) is 0 Å². The number of ether oxygens (including phenoxy) is 2. The first-order valence-electron chi connectivity index (χ1n) is 11.2. The molecule has 0 aliphatic heterocycles. The second-order valence-electron chi connectivity index (χ2n) is 7.74. The molecule has 0 spiro atoms. The van der Waals surface area contributed by atoms with Crippen LogP contribution in [0.2, 0.25) is 0 Å². The first-order valence-corrected chi connectivity index (χ1v) is 11.2. The van der Waals surface area contributed by atoms with Gasteiger partial charge in [0.15, 0.2) is 0 Å². The summed E-state index contributed by atoms with van der Waals surface area (Å²) in [5.41, 5.74) is 2.54. The number of hydrogen-bond acceptors (Lipinski definition) is 4. The van der Waals surface area contributed by atoms with Gasteiger partial charge in [0.05, 0.1) is 11.7 Å². The molecule has 0 radical (unpaired) electrons. The van der Waals surface area contributed by atoms with E-state index in [1.54, 1.807) is 24.3 Å². The minimum absolute atomic E-state index is 0.0680. The Bertz CT molecular complexity index is 778. The van der Waals surface area contributed by atoms with Crippen LogP contribution in [0.5, 0.6) is 5.75 Å². The van der Waals surface area contributed by atoms with Crippen LogP contribution in [-0.2, 0) is 9.53 Å². The van der Waals surface area contributed by atoms with E-state index in [1.165, 1.54) is 19.3 Å². The predicted molar refractivity (Wildman–Crippen MR) is 121 cm³/mol. The van der Waals surface area contributed by atoms with Crippen LogP contribution >= 0.6 is 0 Å². The minimum Gasteiger partial charge on any atom is -0.459 e. The van der Waals surface area contributed by atoms with Crippen LogP contribution in [0, 0.1) is 0 Å². The molecule has 2 aromatic rings. The molecule has 162 valence electrons. The molecule has 4 nitrogen and oxygen atoms in total. The molecule has 2 rings (SSSR count). The fourth-order valence-electron chi connectivity index (χ4n) is 3.19. The fourth-order valence-corrected chi connectivity index (χ4v) is 3.19. The molecule has 0 amide bonds. The summed E-state index contributed by atoms with van der Waals surface area (Å²) >= 11 is 0. The SMILES string of the molecule is CCCCCCC(C)OC(=O)c1ccc(-c2ccc(OC(=O)CCCC)cc2)cc1. The van der Waals surface area contributed by atoms with E-state index < -0.39 is 0 Å². The number of carbonyl (C=O) groups is 2. The second kappa shape index (κ2) is 12.8. The Balaban J connectivity index is 1.88. The van der Waals surface area contributed by atoms with Gasteiger partial charge in [-0.3, -0.25) is 4.79 Å². The third-order valence-corrected chi connectivity index (χ3v) is 5.05. The second-order valence-corrected chi connectivity index (χ2v) is 7.74. The van der Waals surface area contributed by atoms with Gasteiger partial charge < -0.3 is 9.47 Å². The Morgan fingerprint density at radius 2 is 1.40 bits per heavy atom. The monoisotopic (exact) mass is 410 g/mol. The first kappa shape index (κ1) is 23.7. The lowest BCUT2D eigenvalue weighted by atomic mass is 10.0. The summed E-state index contributed by atoms with van der Waals surface area (Å²) < 4.78 is 10.9. The quantitative estimate of drug-likeness (QED) is 0.215. The van der Waals surface area contributed by atoms with E-state index in [-0.39, 0.29) is 18.0 Å². The molecule has 1 unspecified atom stereocenters. The van der Waals surface area contributed by atoms with E-state index in [2.05, 4.69) is 6.92 Å². The molecule has 0 fully saturated rings. The average Bonchev–Trinajstić information content (AvgIpc) is 2.76. The molecule has 0 N–H and O–H groups in total. The van der Waals surface area contributed by atoms with Crippen molar-refractivity contribution in [1.29, 1.82) is 0 Å². The van der Waals surface area contributed by atoms with Crippen LogP contribution in [0.4, 0.5) is 0 Å². The normalized spacial score (nSPS) is 11.7. The summed E-state index contributed by atoms with van der Waals surface area (Å²) in [5, 5.41) is 0. The van der Waals surface area contributed by atoms with Gasteiger partial charge in [0.2, 0.25) is 0 Å². The highest BCUT2D eigenvalue weighted by Crippen LogP contribution is 2.23. The van der Waals surface area contributed by atoms with E-state index in [0.29, 0.717) is 17.7 Å². The van der Waals surface area contributed by atoms with Crippen molar-refractivity contribution in [3.63, 3.8) is 0 Å². The average molecular weight is 411 g/mol. The van der Waals surface area contributed by atoms with Gasteiger partial charge in [0, 0.05) is 6.42 Å². The van der Waals surface area contributed by atoms with Gasteiger partial charge in [-0.1, -0.05) is 63.8 Å². The van der Waals surface area contributed by atoms with Crippen molar-refractivity contribution in [3.05, 3.63) is 54.1 Å². The van der Waals surface area contributed by atoms with Gasteiger partial charge in [0.25, 0.3) is 0 Å². The van der Waals surface area contributed by atoms with Gasteiger partial charge in [-0.25, -0.2) is 4.79 Å². The highest BCUT2D eigenvalue weighted by Gasteiger charge is 2.12. The zero-order chi connectivity index (χ0) is 21.8. The van der Waals surface area contributed by atoms with Crippen LogP contribution in [0.1, 0.15) is 82.5 Å². The fraction of sp³-hybridized carbons (Fsp3) is 0.462. The summed E-state index contributed by atoms with van der Waals surface area (Å²) in [6, 6.07) is 14.8. The smallest absolute Gasteiger partial charge is 0.338 e. The molecular weight excluding hydrogens is 376 g/mol. The lowest BCUT2D eigenvalue weighted by molar-refractivity contribution is -0.134. The van der Waals surface area contributed by atoms with Crippen molar-refractivity contribution in [3.8, 4) is 16.9 Å².